The quantitative estimate of drug-likeness (QED) is 0.648. The molecule has 0 aromatic heterocycles. The summed E-state index contributed by atoms with van der Waals surface area (Å²) >= 11 is 6.57. The van der Waals surface area contributed by atoms with Gasteiger partial charge < -0.3 is 15.0 Å². The van der Waals surface area contributed by atoms with Gasteiger partial charge >= 0.3 is 0 Å². The Bertz CT molecular complexity index is 747. The zero-order valence-corrected chi connectivity index (χ0v) is 18.1. The van der Waals surface area contributed by atoms with E-state index in [-0.39, 0.29) is 16.6 Å². The minimum atomic E-state index is -3.61. The van der Waals surface area contributed by atoms with Crippen molar-refractivity contribution < 1.29 is 17.9 Å². The Morgan fingerprint density at radius 2 is 1.88 bits per heavy atom. The third-order valence-corrected chi connectivity index (χ3v) is 6.91. The first-order valence-corrected chi connectivity index (χ1v) is 10.8. The number of carbonyl (C=O) groups excluding carboxylic acids is 1. The van der Waals surface area contributed by atoms with Gasteiger partial charge in [-0.2, -0.15) is 0 Å². The molecule has 10 heteroatoms. The normalized spacial score (nSPS) is 11.3. The number of hydrogen-bond acceptors (Lipinski definition) is 6. The van der Waals surface area contributed by atoms with Gasteiger partial charge in [0.15, 0.2) is 0 Å². The van der Waals surface area contributed by atoms with E-state index < -0.39 is 10.0 Å². The first kappa shape index (κ1) is 22.7. The van der Waals surface area contributed by atoms with E-state index in [9.17, 15) is 13.2 Å². The number of hydrogen-bond donors (Lipinski definition) is 1. The van der Waals surface area contributed by atoms with Gasteiger partial charge in [-0.1, -0.05) is 24.0 Å². The van der Waals surface area contributed by atoms with Crippen LogP contribution in [0.25, 0.3) is 0 Å². The molecular formula is C16H25N3O4S3. The fraction of sp³-hybridized carbons (Fsp3) is 0.500. The van der Waals surface area contributed by atoms with Crippen molar-refractivity contribution in [1.29, 1.82) is 0 Å². The van der Waals surface area contributed by atoms with E-state index in [1.54, 1.807) is 0 Å². The molecule has 0 fully saturated rings. The molecule has 0 bridgehead atoms. The molecule has 0 aliphatic rings. The van der Waals surface area contributed by atoms with Crippen molar-refractivity contribution in [2.75, 3.05) is 45.4 Å². The number of methoxy groups -OCH3 is 1. The molecule has 0 aliphatic heterocycles. The van der Waals surface area contributed by atoms with Crippen molar-refractivity contribution >= 4 is 49.9 Å². The number of rotatable bonds is 8. The number of thiocarbonyl (C=S) groups is 1. The highest BCUT2D eigenvalue weighted by atomic mass is 32.2. The molecule has 1 amide bonds. The molecule has 0 saturated carbocycles. The lowest BCUT2D eigenvalue weighted by Crippen LogP contribution is -2.28. The minimum Gasteiger partial charge on any atom is -0.495 e. The van der Waals surface area contributed by atoms with Crippen molar-refractivity contribution in [2.45, 2.75) is 18.7 Å². The third-order valence-electron chi connectivity index (χ3n) is 3.57. The number of nitrogens with zero attached hydrogens (tertiary/aromatic N) is 2. The molecule has 1 rings (SSSR count). The maximum atomic E-state index is 12.3. The molecule has 0 spiro atoms. The predicted octanol–water partition coefficient (Wildman–Crippen LogP) is 2.24. The van der Waals surface area contributed by atoms with Gasteiger partial charge in [0.2, 0.25) is 15.9 Å². The zero-order chi connectivity index (χ0) is 19.9. The Morgan fingerprint density at radius 3 is 2.38 bits per heavy atom. The van der Waals surface area contributed by atoms with Crippen LogP contribution >= 0.6 is 24.0 Å². The molecular weight excluding hydrogens is 394 g/mol. The van der Waals surface area contributed by atoms with Crippen molar-refractivity contribution in [1.82, 2.24) is 9.21 Å². The number of anilines is 1. The highest BCUT2D eigenvalue weighted by Crippen LogP contribution is 2.28. The molecule has 0 saturated heterocycles. The van der Waals surface area contributed by atoms with Crippen LogP contribution in [0.3, 0.4) is 0 Å². The molecule has 0 radical (unpaired) electrons. The summed E-state index contributed by atoms with van der Waals surface area (Å²) in [6.45, 7) is 5.56. The standard InChI is InChI=1S/C16H25N3O4S3/c1-6-19(7-2)16(24)25-11-15(20)17-13-10-12(8-9-14(13)23-5)26(21,22)18(3)4/h8-10H,6-7,11H2,1-5H3,(H,17,20). The average molecular weight is 420 g/mol. The van der Waals surface area contributed by atoms with Crippen LogP contribution in [0.2, 0.25) is 0 Å². The molecule has 146 valence electrons. The van der Waals surface area contributed by atoms with Gasteiger partial charge in [0.1, 0.15) is 10.1 Å². The molecule has 1 aromatic rings. The fourth-order valence-electron chi connectivity index (χ4n) is 2.04. The van der Waals surface area contributed by atoms with E-state index in [1.807, 2.05) is 18.7 Å². The Kier molecular flexibility index (Phi) is 8.81. The number of carbonyl (C=O) groups is 1. The van der Waals surface area contributed by atoms with Gasteiger partial charge in [0.25, 0.3) is 0 Å². The molecule has 0 atom stereocenters. The van der Waals surface area contributed by atoms with Crippen molar-refractivity contribution in [3.05, 3.63) is 18.2 Å². The van der Waals surface area contributed by atoms with Gasteiger partial charge in [-0.25, -0.2) is 12.7 Å². The van der Waals surface area contributed by atoms with Crippen molar-refractivity contribution in [3.63, 3.8) is 0 Å². The number of amides is 1. The number of benzene rings is 1. The van der Waals surface area contributed by atoms with Gasteiger partial charge in [0.05, 0.1) is 23.4 Å². The summed E-state index contributed by atoms with van der Waals surface area (Å²) in [4.78, 5) is 14.3. The Hall–Kier alpha value is -1.36. The first-order valence-electron chi connectivity index (χ1n) is 7.99. The SMILES string of the molecule is CCN(CC)C(=S)SCC(=O)Nc1cc(S(=O)(=O)N(C)C)ccc1OC. The minimum absolute atomic E-state index is 0.0740. The Balaban J connectivity index is 2.91. The summed E-state index contributed by atoms with van der Waals surface area (Å²) in [6, 6.07) is 4.34. The molecule has 7 nitrogen and oxygen atoms in total. The molecule has 26 heavy (non-hydrogen) atoms. The maximum Gasteiger partial charge on any atom is 0.242 e. The second kappa shape index (κ2) is 10.1. The lowest BCUT2D eigenvalue weighted by molar-refractivity contribution is -0.113. The van der Waals surface area contributed by atoms with Crippen molar-refractivity contribution in [2.24, 2.45) is 0 Å². The van der Waals surface area contributed by atoms with Crippen LogP contribution < -0.4 is 10.1 Å². The largest absolute Gasteiger partial charge is 0.495 e. The molecule has 1 N–H and O–H groups in total. The smallest absolute Gasteiger partial charge is 0.242 e. The Labute approximate surface area is 165 Å². The number of ether oxygens (including phenoxy) is 1. The lowest BCUT2D eigenvalue weighted by Gasteiger charge is -2.20. The first-order chi connectivity index (χ1) is 12.2. The van der Waals surface area contributed by atoms with E-state index in [2.05, 4.69) is 5.32 Å². The number of nitrogens with one attached hydrogen (secondary N) is 1. The third kappa shape index (κ3) is 5.83. The van der Waals surface area contributed by atoms with Crippen LogP contribution in [0.4, 0.5) is 5.69 Å². The second-order valence-electron chi connectivity index (χ2n) is 5.42. The highest BCUT2D eigenvalue weighted by molar-refractivity contribution is 8.23. The summed E-state index contributed by atoms with van der Waals surface area (Å²) in [5, 5.41) is 2.70. The summed E-state index contributed by atoms with van der Waals surface area (Å²) in [5.74, 6) is 0.220. The topological polar surface area (TPSA) is 79.0 Å². The average Bonchev–Trinajstić information content (AvgIpc) is 2.60. The monoisotopic (exact) mass is 419 g/mol. The summed E-state index contributed by atoms with van der Waals surface area (Å²) in [5.41, 5.74) is 0.301. The van der Waals surface area contributed by atoms with Gasteiger partial charge in [-0.3, -0.25) is 4.79 Å². The molecule has 0 heterocycles. The van der Waals surface area contributed by atoms with Gasteiger partial charge in [-0.05, 0) is 32.0 Å². The second-order valence-corrected chi connectivity index (χ2v) is 9.19. The fourth-order valence-corrected chi connectivity index (χ4v) is 4.17. The predicted molar refractivity (Wildman–Crippen MR) is 110 cm³/mol. The zero-order valence-electron chi connectivity index (χ0n) is 15.6. The van der Waals surface area contributed by atoms with Crippen LogP contribution in [0, 0.1) is 0 Å². The van der Waals surface area contributed by atoms with Crippen LogP contribution in [0.15, 0.2) is 23.1 Å². The van der Waals surface area contributed by atoms with E-state index in [4.69, 9.17) is 17.0 Å². The lowest BCUT2D eigenvalue weighted by atomic mass is 10.3. The van der Waals surface area contributed by atoms with E-state index in [0.717, 1.165) is 17.4 Å². The van der Waals surface area contributed by atoms with Crippen LogP contribution in [-0.4, -0.2) is 67.9 Å². The molecule has 1 aromatic carbocycles. The molecule has 0 aliphatic carbocycles. The van der Waals surface area contributed by atoms with Crippen LogP contribution in [0.5, 0.6) is 5.75 Å². The van der Waals surface area contributed by atoms with Gasteiger partial charge in [-0.15, -0.1) is 0 Å². The molecule has 0 unspecified atom stereocenters. The highest BCUT2D eigenvalue weighted by Gasteiger charge is 2.20. The van der Waals surface area contributed by atoms with Crippen LogP contribution in [-0.2, 0) is 14.8 Å². The number of thioether (sulfide) groups is 1. The summed E-state index contributed by atoms with van der Waals surface area (Å²) < 4.78 is 31.5. The van der Waals surface area contributed by atoms with Crippen molar-refractivity contribution in [3.8, 4) is 5.75 Å². The van der Waals surface area contributed by atoms with E-state index in [1.165, 1.54) is 51.2 Å². The van der Waals surface area contributed by atoms with Crippen LogP contribution in [0.1, 0.15) is 13.8 Å². The summed E-state index contributed by atoms with van der Waals surface area (Å²) in [6.07, 6.45) is 0. The maximum absolute atomic E-state index is 12.3. The van der Waals surface area contributed by atoms with Gasteiger partial charge in [0, 0.05) is 27.2 Å². The number of sulfonamides is 1. The Morgan fingerprint density at radius 1 is 1.27 bits per heavy atom. The van der Waals surface area contributed by atoms with E-state index >= 15 is 0 Å². The van der Waals surface area contributed by atoms with E-state index in [0.29, 0.717) is 15.8 Å². The summed E-state index contributed by atoms with van der Waals surface area (Å²) in [7, 11) is 0.738.